The summed E-state index contributed by atoms with van der Waals surface area (Å²) in [5.41, 5.74) is 1.26. The van der Waals surface area contributed by atoms with Crippen molar-refractivity contribution in [3.05, 3.63) is 29.8 Å². The molecule has 0 radical (unpaired) electrons. The minimum Gasteiger partial charge on any atom is -0.493 e. The van der Waals surface area contributed by atoms with Gasteiger partial charge >= 0.3 is 0 Å². The van der Waals surface area contributed by atoms with Crippen LogP contribution in [0.5, 0.6) is 5.75 Å². The number of β-amino-alcohol motifs (C(OH)–C–C–N with tert-alkyl or cyclic N) is 1. The fourth-order valence-corrected chi connectivity index (χ4v) is 3.84. The zero-order valence-electron chi connectivity index (χ0n) is 15.7. The highest BCUT2D eigenvalue weighted by Crippen LogP contribution is 2.23. The van der Waals surface area contributed by atoms with Gasteiger partial charge in [0, 0.05) is 51.2 Å². The number of benzene rings is 1. The lowest BCUT2D eigenvalue weighted by Gasteiger charge is -2.38. The minimum absolute atomic E-state index is 0.140. The summed E-state index contributed by atoms with van der Waals surface area (Å²) in [4.78, 5) is 4.84. The first kappa shape index (κ1) is 18.6. The van der Waals surface area contributed by atoms with Gasteiger partial charge in [0.25, 0.3) is 0 Å². The number of hydrogen-bond donors (Lipinski definition) is 2. The van der Waals surface area contributed by atoms with Crippen molar-refractivity contribution in [2.24, 2.45) is 5.92 Å². The molecule has 2 N–H and O–H groups in total. The molecule has 0 saturated carbocycles. The van der Waals surface area contributed by atoms with Crippen molar-refractivity contribution >= 4 is 0 Å². The summed E-state index contributed by atoms with van der Waals surface area (Å²) in [7, 11) is 2.02. The zero-order chi connectivity index (χ0) is 17.6. The largest absolute Gasteiger partial charge is 0.493 e. The van der Waals surface area contributed by atoms with Gasteiger partial charge in [-0.1, -0.05) is 12.1 Å². The van der Waals surface area contributed by atoms with E-state index in [0.29, 0.717) is 12.0 Å². The van der Waals surface area contributed by atoms with Crippen LogP contribution in [0.25, 0.3) is 0 Å². The van der Waals surface area contributed by atoms with Gasteiger partial charge in [-0.25, -0.2) is 0 Å². The van der Waals surface area contributed by atoms with Crippen molar-refractivity contribution in [3.63, 3.8) is 0 Å². The van der Waals surface area contributed by atoms with Crippen LogP contribution in [0, 0.1) is 5.92 Å². The van der Waals surface area contributed by atoms with E-state index < -0.39 is 0 Å². The molecule has 0 aromatic heterocycles. The van der Waals surface area contributed by atoms with E-state index in [9.17, 15) is 5.11 Å². The molecule has 140 valence electrons. The van der Waals surface area contributed by atoms with E-state index >= 15 is 0 Å². The maximum atomic E-state index is 9.40. The minimum atomic E-state index is -0.140. The molecule has 2 saturated heterocycles. The summed E-state index contributed by atoms with van der Waals surface area (Å²) >= 11 is 0. The standard InChI is InChI=1S/C20H33N3O2/c1-16-6-7-18(12-23(16)9-8-21-2)15-25-20-5-3-4-17(10-20)11-22-13-19(24)14-22/h3-5,10,16,18-19,21,24H,6-9,11-15H2,1-2H3/t16-,18-/m0/s1. The van der Waals surface area contributed by atoms with Gasteiger partial charge < -0.3 is 15.2 Å². The molecule has 0 spiro atoms. The molecule has 2 atom stereocenters. The highest BCUT2D eigenvalue weighted by atomic mass is 16.5. The molecule has 2 fully saturated rings. The molecule has 0 bridgehead atoms. The lowest BCUT2D eigenvalue weighted by atomic mass is 9.94. The van der Waals surface area contributed by atoms with Crippen LogP contribution in [0.15, 0.2) is 24.3 Å². The first-order valence-corrected chi connectivity index (χ1v) is 9.65. The van der Waals surface area contributed by atoms with Crippen molar-refractivity contribution < 1.29 is 9.84 Å². The Morgan fingerprint density at radius 1 is 1.24 bits per heavy atom. The van der Waals surface area contributed by atoms with E-state index in [1.807, 2.05) is 7.05 Å². The predicted molar refractivity (Wildman–Crippen MR) is 101 cm³/mol. The van der Waals surface area contributed by atoms with E-state index in [1.54, 1.807) is 0 Å². The Labute approximate surface area is 152 Å². The van der Waals surface area contributed by atoms with Gasteiger partial charge in [-0.2, -0.15) is 0 Å². The van der Waals surface area contributed by atoms with Crippen LogP contribution in [0.4, 0.5) is 0 Å². The van der Waals surface area contributed by atoms with E-state index in [1.165, 1.54) is 18.4 Å². The van der Waals surface area contributed by atoms with E-state index in [0.717, 1.165) is 51.6 Å². The molecular formula is C20H33N3O2. The van der Waals surface area contributed by atoms with Gasteiger partial charge in [0.2, 0.25) is 0 Å². The maximum Gasteiger partial charge on any atom is 0.119 e. The van der Waals surface area contributed by atoms with Crippen LogP contribution < -0.4 is 10.1 Å². The quantitative estimate of drug-likeness (QED) is 0.747. The molecule has 2 heterocycles. The van der Waals surface area contributed by atoms with Crippen molar-refractivity contribution in [2.75, 3.05) is 46.4 Å². The van der Waals surface area contributed by atoms with Crippen LogP contribution in [0.3, 0.4) is 0 Å². The zero-order valence-corrected chi connectivity index (χ0v) is 15.7. The Morgan fingerprint density at radius 3 is 2.84 bits per heavy atom. The number of nitrogens with zero attached hydrogens (tertiary/aromatic N) is 2. The number of likely N-dealkylation sites (tertiary alicyclic amines) is 2. The molecule has 1 aromatic carbocycles. The number of aliphatic hydroxyl groups excluding tert-OH is 1. The average Bonchev–Trinajstić information content (AvgIpc) is 2.59. The van der Waals surface area contributed by atoms with Crippen LogP contribution in [-0.2, 0) is 6.54 Å². The second kappa shape index (κ2) is 8.99. The Morgan fingerprint density at radius 2 is 2.08 bits per heavy atom. The lowest BCUT2D eigenvalue weighted by Crippen LogP contribution is -2.49. The van der Waals surface area contributed by atoms with Crippen LogP contribution in [0.2, 0.25) is 0 Å². The Kier molecular flexibility index (Phi) is 6.70. The number of ether oxygens (including phenoxy) is 1. The molecule has 5 heteroatoms. The highest BCUT2D eigenvalue weighted by Gasteiger charge is 2.26. The van der Waals surface area contributed by atoms with Gasteiger partial charge in [-0.05, 0) is 44.5 Å². The first-order chi connectivity index (χ1) is 12.1. The molecule has 0 unspecified atom stereocenters. The molecule has 25 heavy (non-hydrogen) atoms. The molecule has 5 nitrogen and oxygen atoms in total. The van der Waals surface area contributed by atoms with Crippen LogP contribution in [-0.4, -0.2) is 73.4 Å². The molecule has 3 rings (SSSR count). The first-order valence-electron chi connectivity index (χ1n) is 9.65. The number of nitrogens with one attached hydrogen (secondary N) is 1. The Balaban J connectivity index is 1.46. The summed E-state index contributed by atoms with van der Waals surface area (Å²) in [5, 5.41) is 12.6. The third-order valence-corrected chi connectivity index (χ3v) is 5.49. The second-order valence-electron chi connectivity index (χ2n) is 7.70. The number of aliphatic hydroxyl groups is 1. The molecule has 2 aliphatic heterocycles. The van der Waals surface area contributed by atoms with Crippen LogP contribution in [0.1, 0.15) is 25.3 Å². The van der Waals surface area contributed by atoms with Gasteiger partial charge in [0.1, 0.15) is 5.75 Å². The van der Waals surface area contributed by atoms with E-state index in [2.05, 4.69) is 46.3 Å². The molecule has 1 aromatic rings. The normalized spacial score (nSPS) is 25.7. The van der Waals surface area contributed by atoms with Crippen molar-refractivity contribution in [2.45, 2.75) is 38.5 Å². The van der Waals surface area contributed by atoms with Gasteiger partial charge in [-0.3, -0.25) is 9.80 Å². The highest BCUT2D eigenvalue weighted by molar-refractivity contribution is 5.28. The van der Waals surface area contributed by atoms with Gasteiger partial charge in [0.05, 0.1) is 12.7 Å². The number of likely N-dealkylation sites (N-methyl/N-ethyl adjacent to an activating group) is 1. The Hall–Kier alpha value is -1.14. The third-order valence-electron chi connectivity index (χ3n) is 5.49. The maximum absolute atomic E-state index is 9.40. The predicted octanol–water partition coefficient (Wildman–Crippen LogP) is 1.56. The topological polar surface area (TPSA) is 48.0 Å². The molecule has 0 amide bonds. The number of rotatable bonds is 8. The average molecular weight is 348 g/mol. The molecule has 2 aliphatic rings. The van der Waals surface area contributed by atoms with Gasteiger partial charge in [0.15, 0.2) is 0 Å². The lowest BCUT2D eigenvalue weighted by molar-refractivity contribution is -0.00289. The smallest absolute Gasteiger partial charge is 0.119 e. The number of hydrogen-bond acceptors (Lipinski definition) is 5. The fraction of sp³-hybridized carbons (Fsp3) is 0.700. The summed E-state index contributed by atoms with van der Waals surface area (Å²) < 4.78 is 6.12. The van der Waals surface area contributed by atoms with E-state index in [-0.39, 0.29) is 6.10 Å². The monoisotopic (exact) mass is 347 g/mol. The molecule has 0 aliphatic carbocycles. The summed E-state index contributed by atoms with van der Waals surface area (Å²) in [5.74, 6) is 1.58. The van der Waals surface area contributed by atoms with Crippen molar-refractivity contribution in [3.8, 4) is 5.75 Å². The summed E-state index contributed by atoms with van der Waals surface area (Å²) in [6.07, 6.45) is 2.37. The Bertz CT molecular complexity index is 533. The van der Waals surface area contributed by atoms with Gasteiger partial charge in [-0.15, -0.1) is 0 Å². The van der Waals surface area contributed by atoms with E-state index in [4.69, 9.17) is 4.74 Å². The van der Waals surface area contributed by atoms with Crippen molar-refractivity contribution in [1.82, 2.24) is 15.1 Å². The summed E-state index contributed by atoms with van der Waals surface area (Å²) in [6.45, 7) is 8.90. The SMILES string of the molecule is CNCCN1C[C@@H](COc2cccc(CN3CC(O)C3)c2)CC[C@@H]1C. The summed E-state index contributed by atoms with van der Waals surface area (Å²) in [6, 6.07) is 9.09. The third kappa shape index (κ3) is 5.42. The second-order valence-corrected chi connectivity index (χ2v) is 7.70. The number of piperidine rings is 1. The molecular weight excluding hydrogens is 314 g/mol. The van der Waals surface area contributed by atoms with Crippen LogP contribution >= 0.6 is 0 Å². The fourth-order valence-electron chi connectivity index (χ4n) is 3.84. The van der Waals surface area contributed by atoms with Crippen molar-refractivity contribution in [1.29, 1.82) is 0 Å².